The van der Waals surface area contributed by atoms with E-state index in [0.29, 0.717) is 15.6 Å². The molecular formula is C9H11Cl2NO2S. The van der Waals surface area contributed by atoms with Crippen LogP contribution < -0.4 is 4.72 Å². The largest absolute Gasteiger partial charge is 0.213 e. The molecule has 1 aromatic carbocycles. The van der Waals surface area contributed by atoms with E-state index in [1.807, 2.05) is 0 Å². The van der Waals surface area contributed by atoms with Gasteiger partial charge in [0.05, 0.1) is 6.26 Å². The highest BCUT2D eigenvalue weighted by molar-refractivity contribution is 7.88. The van der Waals surface area contributed by atoms with Crippen molar-refractivity contribution in [2.24, 2.45) is 0 Å². The van der Waals surface area contributed by atoms with Crippen molar-refractivity contribution in [1.82, 2.24) is 4.72 Å². The summed E-state index contributed by atoms with van der Waals surface area (Å²) >= 11 is 11.7. The molecule has 1 unspecified atom stereocenters. The number of benzene rings is 1. The Morgan fingerprint density at radius 1 is 1.33 bits per heavy atom. The van der Waals surface area contributed by atoms with Crippen LogP contribution in [0.3, 0.4) is 0 Å². The summed E-state index contributed by atoms with van der Waals surface area (Å²) in [4.78, 5) is 0. The van der Waals surface area contributed by atoms with Gasteiger partial charge in [-0.25, -0.2) is 13.1 Å². The van der Waals surface area contributed by atoms with Gasteiger partial charge in [0.1, 0.15) is 0 Å². The van der Waals surface area contributed by atoms with E-state index in [-0.39, 0.29) is 6.04 Å². The maximum absolute atomic E-state index is 11.0. The molecule has 3 nitrogen and oxygen atoms in total. The van der Waals surface area contributed by atoms with E-state index in [9.17, 15) is 8.42 Å². The van der Waals surface area contributed by atoms with E-state index in [0.717, 1.165) is 6.26 Å². The zero-order valence-corrected chi connectivity index (χ0v) is 10.6. The van der Waals surface area contributed by atoms with Crippen LogP contribution in [0.15, 0.2) is 18.2 Å². The van der Waals surface area contributed by atoms with Crippen molar-refractivity contribution in [3.05, 3.63) is 33.8 Å². The van der Waals surface area contributed by atoms with Gasteiger partial charge in [0, 0.05) is 16.1 Å². The minimum atomic E-state index is -3.24. The van der Waals surface area contributed by atoms with Crippen molar-refractivity contribution < 1.29 is 8.42 Å². The molecule has 0 spiro atoms. The lowest BCUT2D eigenvalue weighted by Gasteiger charge is -2.14. The quantitative estimate of drug-likeness (QED) is 0.915. The lowest BCUT2D eigenvalue weighted by atomic mass is 10.1. The molecule has 1 aromatic rings. The monoisotopic (exact) mass is 267 g/mol. The highest BCUT2D eigenvalue weighted by Gasteiger charge is 2.13. The van der Waals surface area contributed by atoms with Crippen LogP contribution in [-0.2, 0) is 10.0 Å². The number of nitrogens with one attached hydrogen (secondary N) is 1. The van der Waals surface area contributed by atoms with Crippen molar-refractivity contribution in [2.45, 2.75) is 13.0 Å². The van der Waals surface area contributed by atoms with E-state index in [2.05, 4.69) is 4.72 Å². The fourth-order valence-electron chi connectivity index (χ4n) is 1.24. The predicted molar refractivity (Wildman–Crippen MR) is 62.9 cm³/mol. The van der Waals surface area contributed by atoms with E-state index in [1.54, 1.807) is 25.1 Å². The Bertz CT molecular complexity index is 459. The van der Waals surface area contributed by atoms with E-state index < -0.39 is 10.0 Å². The molecule has 0 saturated carbocycles. The van der Waals surface area contributed by atoms with Crippen molar-refractivity contribution in [3.8, 4) is 0 Å². The Labute approximate surface area is 99.4 Å². The van der Waals surface area contributed by atoms with E-state index in [1.165, 1.54) is 0 Å². The van der Waals surface area contributed by atoms with E-state index >= 15 is 0 Å². The molecule has 0 aliphatic heterocycles. The molecule has 0 aromatic heterocycles. The molecule has 0 fully saturated rings. The van der Waals surface area contributed by atoms with Gasteiger partial charge in [0.25, 0.3) is 0 Å². The zero-order valence-electron chi connectivity index (χ0n) is 8.29. The number of rotatable bonds is 3. The molecule has 0 saturated heterocycles. The normalized spacial score (nSPS) is 13.9. The van der Waals surface area contributed by atoms with Crippen LogP contribution in [-0.4, -0.2) is 14.7 Å². The summed E-state index contributed by atoms with van der Waals surface area (Å²) in [6.07, 6.45) is 1.10. The first-order valence-electron chi connectivity index (χ1n) is 4.22. The SMILES string of the molecule is CC(NS(C)(=O)=O)c1ccc(Cl)cc1Cl. The summed E-state index contributed by atoms with van der Waals surface area (Å²) in [7, 11) is -3.24. The molecule has 0 aliphatic carbocycles. The summed E-state index contributed by atoms with van der Waals surface area (Å²) in [5.74, 6) is 0. The molecule has 1 N–H and O–H groups in total. The van der Waals surface area contributed by atoms with Gasteiger partial charge < -0.3 is 0 Å². The molecule has 0 amide bonds. The van der Waals surface area contributed by atoms with Crippen molar-refractivity contribution in [2.75, 3.05) is 6.26 Å². The average Bonchev–Trinajstić information content (AvgIpc) is 1.99. The molecule has 15 heavy (non-hydrogen) atoms. The number of halogens is 2. The minimum absolute atomic E-state index is 0.371. The summed E-state index contributed by atoms with van der Waals surface area (Å²) in [5, 5.41) is 0.974. The third kappa shape index (κ3) is 3.99. The first-order chi connectivity index (χ1) is 6.79. The van der Waals surface area contributed by atoms with Crippen molar-refractivity contribution >= 4 is 33.2 Å². The molecule has 0 heterocycles. The van der Waals surface area contributed by atoms with Crippen molar-refractivity contribution in [1.29, 1.82) is 0 Å². The van der Waals surface area contributed by atoms with Gasteiger partial charge in [0.15, 0.2) is 0 Å². The van der Waals surface area contributed by atoms with Crippen LogP contribution in [0.25, 0.3) is 0 Å². The maximum Gasteiger partial charge on any atom is 0.209 e. The van der Waals surface area contributed by atoms with Gasteiger partial charge in [-0.15, -0.1) is 0 Å². The van der Waals surface area contributed by atoms with Gasteiger partial charge >= 0.3 is 0 Å². The van der Waals surface area contributed by atoms with Crippen LogP contribution in [0, 0.1) is 0 Å². The summed E-state index contributed by atoms with van der Waals surface area (Å²) in [6, 6.07) is 4.58. The first-order valence-corrected chi connectivity index (χ1v) is 6.86. The average molecular weight is 268 g/mol. The second kappa shape index (κ2) is 4.70. The van der Waals surface area contributed by atoms with Gasteiger partial charge in [-0.2, -0.15) is 0 Å². The second-order valence-corrected chi connectivity index (χ2v) is 5.90. The van der Waals surface area contributed by atoms with Crippen LogP contribution in [0.5, 0.6) is 0 Å². The molecule has 0 aliphatic rings. The summed E-state index contributed by atoms with van der Waals surface area (Å²) in [5.41, 5.74) is 0.700. The highest BCUT2D eigenvalue weighted by Crippen LogP contribution is 2.26. The van der Waals surface area contributed by atoms with Crippen LogP contribution in [0.4, 0.5) is 0 Å². The molecule has 84 valence electrons. The molecular weight excluding hydrogens is 257 g/mol. The highest BCUT2D eigenvalue weighted by atomic mass is 35.5. The third-order valence-corrected chi connectivity index (χ3v) is 3.16. The van der Waals surface area contributed by atoms with Crippen LogP contribution >= 0.6 is 23.2 Å². The van der Waals surface area contributed by atoms with E-state index in [4.69, 9.17) is 23.2 Å². The molecule has 1 atom stereocenters. The Balaban J connectivity index is 2.97. The molecule has 0 bridgehead atoms. The molecule has 1 rings (SSSR count). The lowest BCUT2D eigenvalue weighted by molar-refractivity contribution is 0.573. The predicted octanol–water partition coefficient (Wildman–Crippen LogP) is 2.60. The minimum Gasteiger partial charge on any atom is -0.213 e. The zero-order chi connectivity index (χ0) is 11.6. The molecule has 6 heteroatoms. The van der Waals surface area contributed by atoms with Gasteiger partial charge in [-0.3, -0.25) is 0 Å². The Morgan fingerprint density at radius 3 is 2.40 bits per heavy atom. The van der Waals surface area contributed by atoms with Crippen LogP contribution in [0.1, 0.15) is 18.5 Å². The number of hydrogen-bond donors (Lipinski definition) is 1. The Kier molecular flexibility index (Phi) is 4.00. The second-order valence-electron chi connectivity index (χ2n) is 3.28. The first kappa shape index (κ1) is 12.8. The standard InChI is InChI=1S/C9H11Cl2NO2S/c1-6(12-15(2,13)14)8-4-3-7(10)5-9(8)11/h3-6,12H,1-2H3. The van der Waals surface area contributed by atoms with Gasteiger partial charge in [-0.05, 0) is 24.6 Å². The number of sulfonamides is 1. The Hall–Kier alpha value is -0.290. The van der Waals surface area contributed by atoms with Gasteiger partial charge in [-0.1, -0.05) is 29.3 Å². The van der Waals surface area contributed by atoms with Crippen molar-refractivity contribution in [3.63, 3.8) is 0 Å². The third-order valence-electron chi connectivity index (χ3n) is 1.82. The topological polar surface area (TPSA) is 46.2 Å². The maximum atomic E-state index is 11.0. The lowest BCUT2D eigenvalue weighted by Crippen LogP contribution is -2.25. The molecule has 0 radical (unpaired) electrons. The summed E-state index contributed by atoms with van der Waals surface area (Å²) in [6.45, 7) is 1.72. The number of hydrogen-bond acceptors (Lipinski definition) is 2. The van der Waals surface area contributed by atoms with Gasteiger partial charge in [0.2, 0.25) is 10.0 Å². The Morgan fingerprint density at radius 2 is 1.93 bits per heavy atom. The van der Waals surface area contributed by atoms with Crippen LogP contribution in [0.2, 0.25) is 10.0 Å². The smallest absolute Gasteiger partial charge is 0.209 e. The fourth-order valence-corrected chi connectivity index (χ4v) is 2.58. The fraction of sp³-hybridized carbons (Fsp3) is 0.333. The summed E-state index contributed by atoms with van der Waals surface area (Å²) < 4.78 is 24.5.